The second kappa shape index (κ2) is 3.34. The Bertz CT molecular complexity index is 574. The van der Waals surface area contributed by atoms with Crippen LogP contribution in [0, 0.1) is 0 Å². The number of benzene rings is 2. The summed E-state index contributed by atoms with van der Waals surface area (Å²) in [6.07, 6.45) is 2.28. The van der Waals surface area contributed by atoms with Gasteiger partial charge in [-0.2, -0.15) is 0 Å². The topological polar surface area (TPSA) is 37.3 Å². The van der Waals surface area contributed by atoms with Crippen LogP contribution in [-0.4, -0.2) is 11.1 Å². The summed E-state index contributed by atoms with van der Waals surface area (Å²) in [5.41, 5.74) is 3.65. The molecule has 0 aliphatic heterocycles. The standard InChI is InChI=1S/C14H12O2/c15-13(16)8-11-7-6-10-5-4-9-2-1-3-12(11)14(9)10/h1-3,6-7H,4-5,8H2,(H,15,16). The smallest absolute Gasteiger partial charge is 0.307 e. The van der Waals surface area contributed by atoms with E-state index in [1.54, 1.807) is 0 Å². The van der Waals surface area contributed by atoms with Crippen molar-refractivity contribution < 1.29 is 9.90 Å². The van der Waals surface area contributed by atoms with Crippen LogP contribution in [0.3, 0.4) is 0 Å². The Morgan fingerprint density at radius 2 is 1.88 bits per heavy atom. The van der Waals surface area contributed by atoms with E-state index in [4.69, 9.17) is 5.11 Å². The molecular formula is C14H12O2. The van der Waals surface area contributed by atoms with E-state index in [9.17, 15) is 4.79 Å². The molecule has 0 unspecified atom stereocenters. The Hall–Kier alpha value is -1.83. The largest absolute Gasteiger partial charge is 0.481 e. The number of hydrogen-bond acceptors (Lipinski definition) is 1. The molecule has 0 saturated carbocycles. The van der Waals surface area contributed by atoms with E-state index >= 15 is 0 Å². The van der Waals surface area contributed by atoms with E-state index in [1.165, 1.54) is 16.5 Å². The molecular weight excluding hydrogens is 200 g/mol. The maximum Gasteiger partial charge on any atom is 0.307 e. The van der Waals surface area contributed by atoms with Crippen molar-refractivity contribution in [3.8, 4) is 0 Å². The summed E-state index contributed by atoms with van der Waals surface area (Å²) in [5.74, 6) is -0.765. The van der Waals surface area contributed by atoms with Gasteiger partial charge in [-0.05, 0) is 40.3 Å². The molecule has 0 atom stereocenters. The summed E-state index contributed by atoms with van der Waals surface area (Å²) < 4.78 is 0. The summed E-state index contributed by atoms with van der Waals surface area (Å²) in [7, 11) is 0. The van der Waals surface area contributed by atoms with E-state index in [1.807, 2.05) is 18.2 Å². The van der Waals surface area contributed by atoms with Crippen molar-refractivity contribution in [3.05, 3.63) is 47.0 Å². The summed E-state index contributed by atoms with van der Waals surface area (Å²) in [6, 6.07) is 10.2. The van der Waals surface area contributed by atoms with Crippen LogP contribution in [0.2, 0.25) is 0 Å². The number of carbonyl (C=O) groups is 1. The Morgan fingerprint density at radius 3 is 2.62 bits per heavy atom. The first-order valence-corrected chi connectivity index (χ1v) is 5.50. The summed E-state index contributed by atoms with van der Waals surface area (Å²) in [5, 5.41) is 11.3. The molecule has 0 saturated heterocycles. The molecule has 2 aromatic carbocycles. The highest BCUT2D eigenvalue weighted by atomic mass is 16.4. The summed E-state index contributed by atoms with van der Waals surface area (Å²) in [6.45, 7) is 0. The molecule has 0 heterocycles. The summed E-state index contributed by atoms with van der Waals surface area (Å²) >= 11 is 0. The van der Waals surface area contributed by atoms with Crippen LogP contribution in [0.25, 0.3) is 10.8 Å². The van der Waals surface area contributed by atoms with Gasteiger partial charge in [0.1, 0.15) is 0 Å². The minimum absolute atomic E-state index is 0.111. The van der Waals surface area contributed by atoms with Gasteiger partial charge in [0.05, 0.1) is 6.42 Å². The van der Waals surface area contributed by atoms with Crippen molar-refractivity contribution >= 4 is 16.7 Å². The second-order valence-electron chi connectivity index (χ2n) is 4.29. The molecule has 2 heteroatoms. The Morgan fingerprint density at radius 1 is 1.12 bits per heavy atom. The molecule has 3 rings (SSSR count). The first-order valence-electron chi connectivity index (χ1n) is 5.50. The number of rotatable bonds is 2. The predicted molar refractivity (Wildman–Crippen MR) is 62.7 cm³/mol. The van der Waals surface area contributed by atoms with Crippen LogP contribution in [-0.2, 0) is 24.1 Å². The van der Waals surface area contributed by atoms with Gasteiger partial charge < -0.3 is 5.11 Å². The Labute approximate surface area is 93.5 Å². The van der Waals surface area contributed by atoms with E-state index in [-0.39, 0.29) is 6.42 Å². The average molecular weight is 212 g/mol. The lowest BCUT2D eigenvalue weighted by Gasteiger charge is -2.06. The van der Waals surface area contributed by atoms with E-state index in [2.05, 4.69) is 12.1 Å². The maximum atomic E-state index is 10.8. The zero-order valence-corrected chi connectivity index (χ0v) is 8.86. The molecule has 1 aliphatic carbocycles. The predicted octanol–water partition coefficient (Wildman–Crippen LogP) is 2.57. The Balaban J connectivity index is 2.29. The van der Waals surface area contributed by atoms with Gasteiger partial charge in [-0.15, -0.1) is 0 Å². The van der Waals surface area contributed by atoms with Gasteiger partial charge >= 0.3 is 5.97 Å². The monoisotopic (exact) mass is 212 g/mol. The summed E-state index contributed by atoms with van der Waals surface area (Å²) in [4.78, 5) is 10.8. The molecule has 1 aliphatic rings. The number of aliphatic carboxylic acids is 1. The van der Waals surface area contributed by atoms with Crippen molar-refractivity contribution in [1.29, 1.82) is 0 Å². The van der Waals surface area contributed by atoms with Crippen LogP contribution < -0.4 is 0 Å². The fourth-order valence-corrected chi connectivity index (χ4v) is 2.62. The van der Waals surface area contributed by atoms with Crippen molar-refractivity contribution in [2.24, 2.45) is 0 Å². The van der Waals surface area contributed by atoms with Crippen molar-refractivity contribution in [2.45, 2.75) is 19.3 Å². The molecule has 0 bridgehead atoms. The van der Waals surface area contributed by atoms with Gasteiger partial charge in [0, 0.05) is 0 Å². The zero-order chi connectivity index (χ0) is 11.1. The van der Waals surface area contributed by atoms with Crippen molar-refractivity contribution in [3.63, 3.8) is 0 Å². The average Bonchev–Trinajstić information content (AvgIpc) is 2.67. The van der Waals surface area contributed by atoms with Gasteiger partial charge in [-0.25, -0.2) is 0 Å². The molecule has 1 N–H and O–H groups in total. The number of carboxylic acids is 1. The molecule has 80 valence electrons. The Kier molecular flexibility index (Phi) is 1.96. The highest BCUT2D eigenvalue weighted by molar-refractivity contribution is 5.94. The molecule has 0 aromatic heterocycles. The first-order chi connectivity index (χ1) is 7.75. The zero-order valence-electron chi connectivity index (χ0n) is 8.86. The fourth-order valence-electron chi connectivity index (χ4n) is 2.62. The normalized spacial score (nSPS) is 13.2. The molecule has 0 fully saturated rings. The van der Waals surface area contributed by atoms with Gasteiger partial charge in [0.15, 0.2) is 0 Å². The molecule has 16 heavy (non-hydrogen) atoms. The third-order valence-corrected chi connectivity index (χ3v) is 3.31. The molecule has 2 nitrogen and oxygen atoms in total. The third kappa shape index (κ3) is 1.30. The van der Waals surface area contributed by atoms with Crippen LogP contribution in [0.15, 0.2) is 30.3 Å². The van der Waals surface area contributed by atoms with E-state index in [0.29, 0.717) is 0 Å². The number of carboxylic acid groups (broad SMARTS) is 1. The highest BCUT2D eigenvalue weighted by Gasteiger charge is 2.16. The molecule has 0 radical (unpaired) electrons. The van der Waals surface area contributed by atoms with Gasteiger partial charge in [-0.1, -0.05) is 30.3 Å². The molecule has 2 aromatic rings. The quantitative estimate of drug-likeness (QED) is 0.830. The first kappa shape index (κ1) is 9.40. The van der Waals surface area contributed by atoms with Gasteiger partial charge in [0.25, 0.3) is 0 Å². The number of aryl methyl sites for hydroxylation is 2. The second-order valence-corrected chi connectivity index (χ2v) is 4.29. The van der Waals surface area contributed by atoms with Crippen LogP contribution in [0.5, 0.6) is 0 Å². The van der Waals surface area contributed by atoms with Gasteiger partial charge in [-0.3, -0.25) is 4.79 Å². The third-order valence-electron chi connectivity index (χ3n) is 3.31. The minimum Gasteiger partial charge on any atom is -0.481 e. The fraction of sp³-hybridized carbons (Fsp3) is 0.214. The minimum atomic E-state index is -0.765. The van der Waals surface area contributed by atoms with Crippen molar-refractivity contribution in [2.75, 3.05) is 0 Å². The SMILES string of the molecule is O=C(O)Cc1ccc2c3c(cccc13)CC2. The lowest BCUT2D eigenvalue weighted by atomic mass is 9.98. The van der Waals surface area contributed by atoms with E-state index in [0.717, 1.165) is 23.8 Å². The van der Waals surface area contributed by atoms with E-state index < -0.39 is 5.97 Å². The highest BCUT2D eigenvalue weighted by Crippen LogP contribution is 2.32. The molecule has 0 amide bonds. The number of hydrogen-bond donors (Lipinski definition) is 1. The molecule has 0 spiro atoms. The maximum absolute atomic E-state index is 10.8. The lowest BCUT2D eigenvalue weighted by molar-refractivity contribution is -0.136. The van der Waals surface area contributed by atoms with Crippen molar-refractivity contribution in [1.82, 2.24) is 0 Å². The lowest BCUT2D eigenvalue weighted by Crippen LogP contribution is -2.00. The van der Waals surface area contributed by atoms with Crippen LogP contribution >= 0.6 is 0 Å². The van der Waals surface area contributed by atoms with Crippen LogP contribution in [0.1, 0.15) is 16.7 Å². The van der Waals surface area contributed by atoms with Gasteiger partial charge in [0.2, 0.25) is 0 Å². The van der Waals surface area contributed by atoms with Crippen LogP contribution in [0.4, 0.5) is 0 Å².